The van der Waals surface area contributed by atoms with Crippen LogP contribution in [0.3, 0.4) is 0 Å². The summed E-state index contributed by atoms with van der Waals surface area (Å²) in [7, 11) is 0. The Balaban J connectivity index is 2.34. The molecule has 2 rings (SSSR count). The highest BCUT2D eigenvalue weighted by Crippen LogP contribution is 2.23. The molecule has 0 aliphatic rings. The molecular weight excluding hydrogens is 196 g/mol. The van der Waals surface area contributed by atoms with Gasteiger partial charge in [0.05, 0.1) is 17.0 Å². The van der Waals surface area contributed by atoms with Crippen molar-refractivity contribution in [1.82, 2.24) is 4.37 Å². The smallest absolute Gasteiger partial charge is 0.0719 e. The van der Waals surface area contributed by atoms with Crippen molar-refractivity contribution in [3.63, 3.8) is 0 Å². The first-order valence-corrected chi connectivity index (χ1v) is 5.25. The molecule has 0 saturated heterocycles. The molecule has 0 spiro atoms. The monoisotopic (exact) mass is 208 g/mol. The van der Waals surface area contributed by atoms with Gasteiger partial charge in [-0.15, -0.1) is 0 Å². The minimum absolute atomic E-state index is 0.558. The summed E-state index contributed by atoms with van der Waals surface area (Å²) in [6.07, 6.45) is 0.849. The van der Waals surface area contributed by atoms with E-state index in [0.717, 1.165) is 12.1 Å². The quantitative estimate of drug-likeness (QED) is 0.785. The molecule has 0 amide bonds. The van der Waals surface area contributed by atoms with Crippen LogP contribution in [0.4, 0.5) is 0 Å². The first-order valence-electron chi connectivity index (χ1n) is 4.48. The molecule has 0 unspecified atom stereocenters. The maximum atomic E-state index is 4.99. The number of hydrogen-bond acceptors (Lipinski definition) is 4. The van der Waals surface area contributed by atoms with E-state index in [4.69, 9.17) is 5.90 Å². The second-order valence-electron chi connectivity index (χ2n) is 3.22. The molecule has 3 nitrogen and oxygen atoms in total. The number of nitrogens with zero attached hydrogens (tertiary/aromatic N) is 1. The van der Waals surface area contributed by atoms with Crippen molar-refractivity contribution in [3.05, 3.63) is 29.5 Å². The zero-order chi connectivity index (χ0) is 9.97. The Bertz CT molecular complexity index is 439. The van der Waals surface area contributed by atoms with Crippen molar-refractivity contribution < 1.29 is 4.84 Å². The molecule has 2 N–H and O–H groups in total. The van der Waals surface area contributed by atoms with Gasteiger partial charge in [-0.05, 0) is 42.6 Å². The van der Waals surface area contributed by atoms with Gasteiger partial charge in [-0.3, -0.25) is 0 Å². The van der Waals surface area contributed by atoms with E-state index >= 15 is 0 Å². The van der Waals surface area contributed by atoms with Crippen molar-refractivity contribution >= 4 is 21.6 Å². The lowest BCUT2D eigenvalue weighted by atomic mass is 10.1. The first-order chi connectivity index (χ1) is 6.81. The highest BCUT2D eigenvalue weighted by molar-refractivity contribution is 7.13. The Morgan fingerprint density at radius 1 is 1.50 bits per heavy atom. The van der Waals surface area contributed by atoms with E-state index in [9.17, 15) is 0 Å². The van der Waals surface area contributed by atoms with Crippen molar-refractivity contribution in [2.75, 3.05) is 6.61 Å². The van der Waals surface area contributed by atoms with E-state index in [1.54, 1.807) is 11.5 Å². The van der Waals surface area contributed by atoms with Crippen LogP contribution < -0.4 is 5.90 Å². The summed E-state index contributed by atoms with van der Waals surface area (Å²) in [4.78, 5) is 4.56. The summed E-state index contributed by atoms with van der Waals surface area (Å²) < 4.78 is 5.54. The molecule has 0 atom stereocenters. The predicted octanol–water partition coefficient (Wildman–Crippen LogP) is 2.04. The van der Waals surface area contributed by atoms with Crippen molar-refractivity contribution in [1.29, 1.82) is 0 Å². The number of hydrogen-bond donors (Lipinski definition) is 1. The molecule has 4 heteroatoms. The van der Waals surface area contributed by atoms with Crippen LogP contribution in [0, 0.1) is 6.92 Å². The van der Waals surface area contributed by atoms with E-state index in [0.29, 0.717) is 6.61 Å². The molecule has 74 valence electrons. The Morgan fingerprint density at radius 3 is 3.14 bits per heavy atom. The highest BCUT2D eigenvalue weighted by Gasteiger charge is 2.02. The van der Waals surface area contributed by atoms with E-state index < -0.39 is 0 Å². The van der Waals surface area contributed by atoms with E-state index in [2.05, 4.69) is 27.4 Å². The van der Waals surface area contributed by atoms with Crippen LogP contribution >= 0.6 is 11.5 Å². The molecule has 0 aliphatic carbocycles. The second-order valence-corrected chi connectivity index (χ2v) is 4.02. The number of fused-ring (bicyclic) bond motifs is 1. The Labute approximate surface area is 86.6 Å². The topological polar surface area (TPSA) is 48.1 Å². The van der Waals surface area contributed by atoms with Crippen LogP contribution in [-0.2, 0) is 11.3 Å². The average molecular weight is 208 g/mol. The zero-order valence-electron chi connectivity index (χ0n) is 7.99. The number of nitrogens with two attached hydrogens (primary N) is 1. The number of aryl methyl sites for hydroxylation is 1. The van der Waals surface area contributed by atoms with Crippen LogP contribution in [0.2, 0.25) is 0 Å². The van der Waals surface area contributed by atoms with Crippen LogP contribution in [0.15, 0.2) is 18.2 Å². The first kappa shape index (κ1) is 9.58. The van der Waals surface area contributed by atoms with Gasteiger partial charge in [0.15, 0.2) is 0 Å². The van der Waals surface area contributed by atoms with Crippen LogP contribution in [0.5, 0.6) is 0 Å². The SMILES string of the molecule is Cc1nsc2ccc(CCON)cc12. The Morgan fingerprint density at radius 2 is 2.36 bits per heavy atom. The molecule has 1 aromatic heterocycles. The van der Waals surface area contributed by atoms with Gasteiger partial charge in [-0.1, -0.05) is 6.07 Å². The molecule has 0 fully saturated rings. The maximum Gasteiger partial charge on any atom is 0.0719 e. The van der Waals surface area contributed by atoms with Gasteiger partial charge >= 0.3 is 0 Å². The third-order valence-corrected chi connectivity index (χ3v) is 3.14. The van der Waals surface area contributed by atoms with Crippen molar-refractivity contribution in [2.24, 2.45) is 5.90 Å². The lowest BCUT2D eigenvalue weighted by Gasteiger charge is -1.99. The summed E-state index contributed by atoms with van der Waals surface area (Å²) >= 11 is 1.54. The van der Waals surface area contributed by atoms with Crippen LogP contribution in [0.1, 0.15) is 11.3 Å². The zero-order valence-corrected chi connectivity index (χ0v) is 8.80. The molecular formula is C10H12N2OS. The number of rotatable bonds is 3. The fourth-order valence-corrected chi connectivity index (χ4v) is 2.21. The largest absolute Gasteiger partial charge is 0.304 e. The molecule has 0 aliphatic heterocycles. The molecule has 1 heterocycles. The Kier molecular flexibility index (Phi) is 2.77. The van der Waals surface area contributed by atoms with Crippen LogP contribution in [-0.4, -0.2) is 11.0 Å². The van der Waals surface area contributed by atoms with Gasteiger partial charge in [0.1, 0.15) is 0 Å². The van der Waals surface area contributed by atoms with Gasteiger partial charge in [0.25, 0.3) is 0 Å². The highest BCUT2D eigenvalue weighted by atomic mass is 32.1. The third kappa shape index (κ3) is 1.77. The van der Waals surface area contributed by atoms with Crippen molar-refractivity contribution in [3.8, 4) is 0 Å². The Hall–Kier alpha value is -0.970. The summed E-state index contributed by atoms with van der Waals surface area (Å²) in [6, 6.07) is 6.36. The summed E-state index contributed by atoms with van der Waals surface area (Å²) in [5, 5.41) is 1.24. The third-order valence-electron chi connectivity index (χ3n) is 2.22. The predicted molar refractivity (Wildman–Crippen MR) is 58.2 cm³/mol. The summed E-state index contributed by atoms with van der Waals surface area (Å²) in [5.41, 5.74) is 2.34. The molecule has 2 aromatic rings. The van der Waals surface area contributed by atoms with E-state index in [-0.39, 0.29) is 0 Å². The average Bonchev–Trinajstić information content (AvgIpc) is 2.57. The standard InChI is InChI=1S/C10H12N2OS/c1-7-9-6-8(4-5-13-11)2-3-10(9)14-12-7/h2-3,6H,4-5,11H2,1H3. The normalized spacial score (nSPS) is 11.0. The summed E-state index contributed by atoms with van der Waals surface area (Å²) in [6.45, 7) is 2.59. The maximum absolute atomic E-state index is 4.99. The van der Waals surface area contributed by atoms with Crippen LogP contribution in [0.25, 0.3) is 10.1 Å². The lowest BCUT2D eigenvalue weighted by Crippen LogP contribution is -2.03. The van der Waals surface area contributed by atoms with Crippen molar-refractivity contribution in [2.45, 2.75) is 13.3 Å². The number of benzene rings is 1. The molecule has 0 saturated carbocycles. The van der Waals surface area contributed by atoms with Gasteiger partial charge in [-0.25, -0.2) is 5.90 Å². The second kappa shape index (κ2) is 4.04. The van der Waals surface area contributed by atoms with Gasteiger partial charge in [-0.2, -0.15) is 4.37 Å². The molecule has 0 bridgehead atoms. The summed E-state index contributed by atoms with van der Waals surface area (Å²) in [5.74, 6) is 4.99. The molecule has 0 radical (unpaired) electrons. The molecule has 1 aromatic carbocycles. The minimum atomic E-state index is 0.558. The lowest BCUT2D eigenvalue weighted by molar-refractivity contribution is 0.141. The fourth-order valence-electron chi connectivity index (χ4n) is 1.44. The minimum Gasteiger partial charge on any atom is -0.304 e. The van der Waals surface area contributed by atoms with Gasteiger partial charge in [0.2, 0.25) is 0 Å². The van der Waals surface area contributed by atoms with Gasteiger partial charge in [0, 0.05) is 5.39 Å². The van der Waals surface area contributed by atoms with Gasteiger partial charge < -0.3 is 4.84 Å². The number of aromatic nitrogens is 1. The van der Waals surface area contributed by atoms with E-state index in [1.165, 1.54) is 15.6 Å². The molecule has 14 heavy (non-hydrogen) atoms. The fraction of sp³-hybridized carbons (Fsp3) is 0.300. The van der Waals surface area contributed by atoms with E-state index in [1.807, 2.05) is 6.92 Å².